The summed E-state index contributed by atoms with van der Waals surface area (Å²) in [5.74, 6) is 0. The highest BCUT2D eigenvalue weighted by atomic mass is 31.1. The molecule has 0 aliphatic heterocycles. The van der Waals surface area contributed by atoms with Crippen molar-refractivity contribution in [3.05, 3.63) is 70.8 Å². The zero-order valence-corrected chi connectivity index (χ0v) is 19.6. The van der Waals surface area contributed by atoms with E-state index in [-0.39, 0.29) is 0 Å². The van der Waals surface area contributed by atoms with Gasteiger partial charge in [-0.3, -0.25) is 0 Å². The van der Waals surface area contributed by atoms with E-state index in [2.05, 4.69) is 80.6 Å². The van der Waals surface area contributed by atoms with Crippen LogP contribution < -0.4 is 0 Å². The van der Waals surface area contributed by atoms with Crippen molar-refractivity contribution in [1.29, 1.82) is 0 Å². The Labute approximate surface area is 189 Å². The normalized spacial score (nSPS) is 13.4. The van der Waals surface area contributed by atoms with Crippen LogP contribution in [0, 0.1) is 27.7 Å². The first-order valence-electron chi connectivity index (χ1n) is 11.2. The first-order chi connectivity index (χ1) is 16.0. The molecule has 8 rings (SSSR count). The van der Waals surface area contributed by atoms with Crippen LogP contribution in [0.3, 0.4) is 0 Å². The molecule has 0 spiro atoms. The van der Waals surface area contributed by atoms with Crippen LogP contribution in [0.1, 0.15) is 22.3 Å². The summed E-state index contributed by atoms with van der Waals surface area (Å²) in [7, 11) is -0.830. The van der Waals surface area contributed by atoms with Gasteiger partial charge in [-0.15, -0.1) is 0 Å². The second-order valence-corrected chi connectivity index (χ2v) is 11.4. The fraction of sp³-hybridized carbons (Fsp3) is 0.143. The molecule has 4 aromatic carbocycles. The van der Waals surface area contributed by atoms with E-state index in [9.17, 15) is 0 Å². The topological polar surface area (TPSA) is 43.8 Å². The molecule has 4 nitrogen and oxygen atoms in total. The quantitative estimate of drug-likeness (QED) is 0.171. The third-order valence-corrected chi connectivity index (χ3v) is 9.63. The van der Waals surface area contributed by atoms with Crippen LogP contribution in [0.2, 0.25) is 0 Å². The second kappa shape index (κ2) is 5.65. The lowest BCUT2D eigenvalue weighted by atomic mass is 10.1. The Balaban J connectivity index is 1.87. The van der Waals surface area contributed by atoms with Crippen molar-refractivity contribution in [3.8, 4) is 0 Å². The summed E-state index contributed by atoms with van der Waals surface area (Å²) >= 11 is 0. The molecule has 33 heavy (non-hydrogen) atoms. The highest BCUT2D eigenvalue weighted by Gasteiger charge is 2.25. The number of hydrogen-bond acceptors (Lipinski definition) is 3. The molecule has 160 valence electrons. The molecule has 0 radical (unpaired) electrons. The molecular weight excluding hydrogens is 429 g/mol. The third-order valence-electron chi connectivity index (χ3n) is 7.01. The van der Waals surface area contributed by atoms with Crippen molar-refractivity contribution in [3.63, 3.8) is 0 Å². The molecule has 1 atom stereocenters. The molecule has 0 saturated carbocycles. The van der Waals surface area contributed by atoms with E-state index in [1.807, 2.05) is 0 Å². The first-order valence-corrected chi connectivity index (χ1v) is 12.5. The lowest BCUT2D eigenvalue weighted by molar-refractivity contribution is 0.642. The highest BCUT2D eigenvalue weighted by molar-refractivity contribution is 7.63. The zero-order chi connectivity index (χ0) is 22.2. The molecule has 0 N–H and O–H groups in total. The van der Waals surface area contributed by atoms with Crippen LogP contribution in [0.4, 0.5) is 0 Å². The van der Waals surface area contributed by atoms with Crippen LogP contribution in [0.15, 0.2) is 61.8 Å². The third kappa shape index (κ3) is 2.04. The van der Waals surface area contributed by atoms with Crippen molar-refractivity contribution in [2.24, 2.45) is 0 Å². The summed E-state index contributed by atoms with van der Waals surface area (Å²) in [4.78, 5) is 0. The van der Waals surface area contributed by atoms with Crippen molar-refractivity contribution < 1.29 is 13.3 Å². The van der Waals surface area contributed by atoms with E-state index >= 15 is 0 Å². The van der Waals surface area contributed by atoms with E-state index in [1.165, 1.54) is 26.4 Å². The summed E-state index contributed by atoms with van der Waals surface area (Å²) in [5, 5.41) is 3.71. The fourth-order valence-corrected chi connectivity index (χ4v) is 8.59. The Bertz CT molecular complexity index is 2100. The molecule has 1 unspecified atom stereocenters. The predicted molar refractivity (Wildman–Crippen MR) is 136 cm³/mol. The molecule has 0 aliphatic rings. The summed E-state index contributed by atoms with van der Waals surface area (Å²) < 4.78 is 22.1. The van der Waals surface area contributed by atoms with Crippen molar-refractivity contribution in [2.75, 3.05) is 0 Å². The van der Waals surface area contributed by atoms with Gasteiger partial charge in [-0.25, -0.2) is 0 Å². The second-order valence-electron chi connectivity index (χ2n) is 9.36. The van der Waals surface area contributed by atoms with Crippen molar-refractivity contribution in [2.45, 2.75) is 27.7 Å². The van der Waals surface area contributed by atoms with Crippen molar-refractivity contribution in [1.82, 2.24) is 4.40 Å². The van der Waals surface area contributed by atoms with Crippen molar-refractivity contribution >= 4 is 72.7 Å². The molecule has 4 aromatic heterocycles. The van der Waals surface area contributed by atoms with Crippen LogP contribution in [0.5, 0.6) is 0 Å². The van der Waals surface area contributed by atoms with Gasteiger partial charge in [0.05, 0.1) is 26.4 Å². The van der Waals surface area contributed by atoms with Crippen LogP contribution in [-0.2, 0) is 0 Å². The molecular formula is C28H20NO3P. The van der Waals surface area contributed by atoms with Gasteiger partial charge in [-0.05, 0) is 86.3 Å². The molecule has 4 heterocycles. The minimum absolute atomic E-state index is 0.830. The number of hydrogen-bond donors (Lipinski definition) is 0. The average Bonchev–Trinajstić information content (AvgIpc) is 2.78. The van der Waals surface area contributed by atoms with E-state index in [4.69, 9.17) is 13.3 Å². The van der Waals surface area contributed by atoms with E-state index in [1.54, 1.807) is 0 Å². The number of nitrogens with zero attached hydrogens (tertiary/aromatic N) is 1. The van der Waals surface area contributed by atoms with Crippen LogP contribution in [0.25, 0.3) is 65.4 Å². The molecule has 0 aliphatic carbocycles. The van der Waals surface area contributed by atoms with Gasteiger partial charge in [0, 0.05) is 0 Å². The van der Waals surface area contributed by atoms with Gasteiger partial charge in [0.15, 0.2) is 11.2 Å². The number of rotatable bonds is 0. The van der Waals surface area contributed by atoms with Gasteiger partial charge in [-0.2, -0.15) is 0 Å². The first kappa shape index (κ1) is 17.9. The van der Waals surface area contributed by atoms with E-state index in [0.717, 1.165) is 61.2 Å². The minimum Gasteiger partial charge on any atom is -0.455 e. The van der Waals surface area contributed by atoms with Crippen LogP contribution in [-0.4, -0.2) is 4.40 Å². The Hall–Kier alpha value is -3.62. The minimum atomic E-state index is -0.830. The van der Waals surface area contributed by atoms with Gasteiger partial charge in [0.25, 0.3) is 0 Å². The fourth-order valence-electron chi connectivity index (χ4n) is 5.58. The largest absolute Gasteiger partial charge is 0.455 e. The number of aryl methyl sites for hydroxylation is 4. The summed E-state index contributed by atoms with van der Waals surface area (Å²) in [6.07, 6.45) is 0. The Kier molecular flexibility index (Phi) is 3.06. The lowest BCUT2D eigenvalue weighted by Gasteiger charge is -2.22. The maximum absolute atomic E-state index is 6.62. The predicted octanol–water partition coefficient (Wildman–Crippen LogP) is 9.16. The molecule has 5 heteroatoms. The van der Waals surface area contributed by atoms with E-state index in [0.29, 0.717) is 0 Å². The Morgan fingerprint density at radius 2 is 1.27 bits per heavy atom. The molecule has 8 aromatic rings. The standard InChI is InChI=1S/C28H20NO3P/c1-13-5-7-17-19(9-13)30-20-12-16(4)25-28-23(20)29(17)18-8-6-15(3)24-26(18)33(28)27-21(31-24)10-14(2)11-22(27)32-25/h5-12H,1-4H3. The number of benzene rings is 4. The number of fused-ring (bicyclic) bond motifs is 3. The molecule has 0 saturated heterocycles. The summed E-state index contributed by atoms with van der Waals surface area (Å²) in [5.41, 5.74) is 13.5. The highest BCUT2D eigenvalue weighted by Crippen LogP contribution is 2.56. The maximum Gasteiger partial charge on any atom is 0.153 e. The van der Waals surface area contributed by atoms with Gasteiger partial charge in [0.1, 0.15) is 27.8 Å². The Morgan fingerprint density at radius 3 is 2.06 bits per heavy atom. The van der Waals surface area contributed by atoms with E-state index < -0.39 is 7.34 Å². The molecule has 0 bridgehead atoms. The monoisotopic (exact) mass is 449 g/mol. The lowest BCUT2D eigenvalue weighted by Crippen LogP contribution is -1.99. The molecule has 0 amide bonds. The van der Waals surface area contributed by atoms with Gasteiger partial charge in [-0.1, -0.05) is 19.5 Å². The Morgan fingerprint density at radius 1 is 0.576 bits per heavy atom. The van der Waals surface area contributed by atoms with Gasteiger partial charge < -0.3 is 17.7 Å². The number of aromatic nitrogens is 1. The van der Waals surface area contributed by atoms with Gasteiger partial charge in [0.2, 0.25) is 0 Å². The molecule has 0 fully saturated rings. The average molecular weight is 449 g/mol. The summed E-state index contributed by atoms with van der Waals surface area (Å²) in [6.45, 7) is 8.46. The zero-order valence-electron chi connectivity index (χ0n) is 18.7. The maximum atomic E-state index is 6.62. The van der Waals surface area contributed by atoms with Crippen LogP contribution >= 0.6 is 7.34 Å². The summed E-state index contributed by atoms with van der Waals surface area (Å²) in [6, 6.07) is 17.3. The van der Waals surface area contributed by atoms with Gasteiger partial charge >= 0.3 is 0 Å². The smallest absolute Gasteiger partial charge is 0.153 e. The SMILES string of the molecule is Cc1ccc2c(c1)oc1cc(C)c3oc4cc(C)cc5oc6c(C)ccc7c6p(c54)c3c1n27.